The molecular formula is C18H19N5O2. The number of ether oxygens (including phenoxy) is 1. The predicted octanol–water partition coefficient (Wildman–Crippen LogP) is 2.51. The van der Waals surface area contributed by atoms with Crippen molar-refractivity contribution in [2.24, 2.45) is 0 Å². The summed E-state index contributed by atoms with van der Waals surface area (Å²) >= 11 is 0. The van der Waals surface area contributed by atoms with Crippen LogP contribution in [-0.2, 0) is 17.9 Å². The van der Waals surface area contributed by atoms with Gasteiger partial charge in [0.25, 0.3) is 0 Å². The average molecular weight is 337 g/mol. The average Bonchev–Trinajstić information content (AvgIpc) is 3.00. The minimum Gasteiger partial charge on any atom is -0.485 e. The number of carbonyl (C=O) groups is 1. The maximum atomic E-state index is 12.1. The van der Waals surface area contributed by atoms with Gasteiger partial charge in [-0.2, -0.15) is 4.80 Å². The van der Waals surface area contributed by atoms with Gasteiger partial charge in [0.1, 0.15) is 12.3 Å². The Kier molecular flexibility index (Phi) is 5.03. The zero-order valence-electron chi connectivity index (χ0n) is 14.1. The molecule has 0 aliphatic rings. The van der Waals surface area contributed by atoms with Gasteiger partial charge in [-0.3, -0.25) is 4.79 Å². The van der Waals surface area contributed by atoms with Crippen molar-refractivity contribution in [3.8, 4) is 5.75 Å². The molecule has 3 rings (SSSR count). The second-order valence-corrected chi connectivity index (χ2v) is 5.76. The first-order valence-corrected chi connectivity index (χ1v) is 7.91. The second kappa shape index (κ2) is 7.57. The van der Waals surface area contributed by atoms with Gasteiger partial charge in [-0.25, -0.2) is 0 Å². The van der Waals surface area contributed by atoms with Gasteiger partial charge in [0.05, 0.1) is 0 Å². The van der Waals surface area contributed by atoms with Crippen LogP contribution in [-0.4, -0.2) is 26.1 Å². The molecule has 0 unspecified atom stereocenters. The number of hydrogen-bond acceptors (Lipinski definition) is 5. The normalized spacial score (nSPS) is 10.5. The summed E-state index contributed by atoms with van der Waals surface area (Å²) in [6, 6.07) is 15.3. The minimum absolute atomic E-state index is 0.00860. The van der Waals surface area contributed by atoms with Crippen molar-refractivity contribution in [1.29, 1.82) is 0 Å². The Morgan fingerprint density at radius 3 is 2.56 bits per heavy atom. The molecule has 7 heteroatoms. The molecule has 1 N–H and O–H groups in total. The van der Waals surface area contributed by atoms with Gasteiger partial charge in [-0.15, -0.1) is 10.2 Å². The van der Waals surface area contributed by atoms with E-state index in [-0.39, 0.29) is 19.1 Å². The van der Waals surface area contributed by atoms with Crippen LogP contribution in [0.2, 0.25) is 0 Å². The second-order valence-electron chi connectivity index (χ2n) is 5.76. The highest BCUT2D eigenvalue weighted by atomic mass is 16.5. The summed E-state index contributed by atoms with van der Waals surface area (Å²) in [6.07, 6.45) is 0. The van der Waals surface area contributed by atoms with E-state index in [9.17, 15) is 4.79 Å². The molecule has 7 nitrogen and oxygen atoms in total. The Morgan fingerprint density at radius 2 is 1.84 bits per heavy atom. The molecule has 128 valence electrons. The van der Waals surface area contributed by atoms with Gasteiger partial charge < -0.3 is 10.1 Å². The van der Waals surface area contributed by atoms with Gasteiger partial charge >= 0.3 is 0 Å². The van der Waals surface area contributed by atoms with Crippen molar-refractivity contribution in [2.75, 3.05) is 5.32 Å². The van der Waals surface area contributed by atoms with Crippen LogP contribution < -0.4 is 10.1 Å². The van der Waals surface area contributed by atoms with Gasteiger partial charge in [-0.05, 0) is 54.5 Å². The van der Waals surface area contributed by atoms with Gasteiger partial charge in [-0.1, -0.05) is 24.3 Å². The molecule has 0 spiro atoms. The van der Waals surface area contributed by atoms with E-state index in [2.05, 4.69) is 20.7 Å². The van der Waals surface area contributed by atoms with E-state index in [1.165, 1.54) is 4.80 Å². The Balaban J connectivity index is 1.54. The third-order valence-corrected chi connectivity index (χ3v) is 3.40. The summed E-state index contributed by atoms with van der Waals surface area (Å²) in [5, 5.41) is 14.8. The minimum atomic E-state index is -0.210. The maximum Gasteiger partial charge on any atom is 0.248 e. The van der Waals surface area contributed by atoms with Crippen LogP contribution in [0.15, 0.2) is 48.5 Å². The molecule has 3 aromatic rings. The fraction of sp³-hybridized carbons (Fsp3) is 0.222. The smallest absolute Gasteiger partial charge is 0.248 e. The van der Waals surface area contributed by atoms with Gasteiger partial charge in [0, 0.05) is 5.69 Å². The molecule has 2 aromatic carbocycles. The summed E-state index contributed by atoms with van der Waals surface area (Å²) in [5.74, 6) is 0.937. The first kappa shape index (κ1) is 16.6. The van der Waals surface area contributed by atoms with Gasteiger partial charge in [0.2, 0.25) is 11.7 Å². The first-order valence-electron chi connectivity index (χ1n) is 7.91. The largest absolute Gasteiger partial charge is 0.485 e. The number of para-hydroxylation sites is 1. The predicted molar refractivity (Wildman–Crippen MR) is 93.1 cm³/mol. The molecule has 0 aliphatic heterocycles. The number of tetrazole rings is 1. The highest BCUT2D eigenvalue weighted by molar-refractivity contribution is 5.90. The standard InChI is InChI=1S/C18H19N5O2/c1-13-8-14(2)10-15(9-13)19-18(24)11-23-21-17(20-22-23)12-25-16-6-4-3-5-7-16/h3-10H,11-12H2,1-2H3,(H,19,24). The Bertz CT molecular complexity index is 841. The molecule has 0 fully saturated rings. The lowest BCUT2D eigenvalue weighted by molar-refractivity contribution is -0.117. The zero-order valence-corrected chi connectivity index (χ0v) is 14.1. The summed E-state index contributed by atoms with van der Waals surface area (Å²) in [6.45, 7) is 4.16. The molecular weight excluding hydrogens is 318 g/mol. The van der Waals surface area contributed by atoms with Gasteiger partial charge in [0.15, 0.2) is 6.61 Å². The molecule has 0 saturated carbocycles. The number of benzene rings is 2. The van der Waals surface area contributed by atoms with E-state index >= 15 is 0 Å². The number of amides is 1. The van der Waals surface area contributed by atoms with Crippen LogP contribution in [0.4, 0.5) is 5.69 Å². The number of rotatable bonds is 6. The Morgan fingerprint density at radius 1 is 1.12 bits per heavy atom. The van der Waals surface area contributed by atoms with Crippen LogP contribution in [0.25, 0.3) is 0 Å². The van der Waals surface area contributed by atoms with Crippen molar-refractivity contribution < 1.29 is 9.53 Å². The summed E-state index contributed by atoms with van der Waals surface area (Å²) in [4.78, 5) is 13.4. The summed E-state index contributed by atoms with van der Waals surface area (Å²) < 4.78 is 5.55. The molecule has 0 bridgehead atoms. The lowest BCUT2D eigenvalue weighted by Gasteiger charge is -2.07. The number of aryl methyl sites for hydroxylation is 2. The third-order valence-electron chi connectivity index (χ3n) is 3.40. The lowest BCUT2D eigenvalue weighted by atomic mass is 10.1. The molecule has 0 radical (unpaired) electrons. The number of nitrogens with one attached hydrogen (secondary N) is 1. The molecule has 1 aromatic heterocycles. The van der Waals surface area contributed by atoms with Crippen LogP contribution in [0.3, 0.4) is 0 Å². The number of hydrogen-bond donors (Lipinski definition) is 1. The third kappa shape index (κ3) is 4.87. The molecule has 0 saturated heterocycles. The topological polar surface area (TPSA) is 81.9 Å². The van der Waals surface area contributed by atoms with Crippen LogP contribution in [0, 0.1) is 13.8 Å². The van der Waals surface area contributed by atoms with Crippen LogP contribution >= 0.6 is 0 Å². The van der Waals surface area contributed by atoms with E-state index < -0.39 is 0 Å². The molecule has 25 heavy (non-hydrogen) atoms. The number of nitrogens with zero attached hydrogens (tertiary/aromatic N) is 4. The van der Waals surface area contributed by atoms with Crippen molar-refractivity contribution in [1.82, 2.24) is 20.2 Å². The van der Waals surface area contributed by atoms with Crippen molar-refractivity contribution in [3.63, 3.8) is 0 Å². The highest BCUT2D eigenvalue weighted by Crippen LogP contribution is 2.13. The Labute approximate surface area is 145 Å². The van der Waals surface area contributed by atoms with Crippen molar-refractivity contribution in [2.45, 2.75) is 27.0 Å². The molecule has 0 atom stereocenters. The highest BCUT2D eigenvalue weighted by Gasteiger charge is 2.09. The Hall–Kier alpha value is -3.22. The van der Waals surface area contributed by atoms with E-state index in [1.807, 2.05) is 62.4 Å². The SMILES string of the molecule is Cc1cc(C)cc(NC(=O)Cn2nnc(COc3ccccc3)n2)c1. The monoisotopic (exact) mass is 337 g/mol. The van der Waals surface area contributed by atoms with E-state index in [4.69, 9.17) is 4.74 Å². The molecule has 1 amide bonds. The fourth-order valence-electron chi connectivity index (χ4n) is 2.44. The lowest BCUT2D eigenvalue weighted by Crippen LogP contribution is -2.20. The fourth-order valence-corrected chi connectivity index (χ4v) is 2.44. The van der Waals surface area contributed by atoms with E-state index in [1.54, 1.807) is 0 Å². The zero-order chi connectivity index (χ0) is 17.6. The number of carbonyl (C=O) groups excluding carboxylic acids is 1. The number of aromatic nitrogens is 4. The van der Waals surface area contributed by atoms with Crippen LogP contribution in [0.5, 0.6) is 5.75 Å². The van der Waals surface area contributed by atoms with Crippen molar-refractivity contribution in [3.05, 3.63) is 65.5 Å². The van der Waals surface area contributed by atoms with Crippen molar-refractivity contribution >= 4 is 11.6 Å². The maximum absolute atomic E-state index is 12.1. The summed E-state index contributed by atoms with van der Waals surface area (Å²) in [5.41, 5.74) is 2.94. The van der Waals surface area contributed by atoms with E-state index in [0.29, 0.717) is 5.82 Å². The first-order chi connectivity index (χ1) is 12.1. The molecule has 1 heterocycles. The van der Waals surface area contributed by atoms with Crippen LogP contribution in [0.1, 0.15) is 17.0 Å². The van der Waals surface area contributed by atoms with E-state index in [0.717, 1.165) is 22.6 Å². The number of anilines is 1. The summed E-state index contributed by atoms with van der Waals surface area (Å²) in [7, 11) is 0. The molecule has 0 aliphatic carbocycles. The quantitative estimate of drug-likeness (QED) is 0.747.